The first-order valence-corrected chi connectivity index (χ1v) is 16.5. The van der Waals surface area contributed by atoms with Gasteiger partial charge in [-0.15, -0.1) is 5.10 Å². The number of amides is 1. The van der Waals surface area contributed by atoms with Crippen molar-refractivity contribution in [2.24, 2.45) is 5.41 Å². The molecule has 264 valence electrons. The molecule has 50 heavy (non-hydrogen) atoms. The fourth-order valence-electron chi connectivity index (χ4n) is 7.05. The van der Waals surface area contributed by atoms with Gasteiger partial charge in [0.25, 0.3) is 5.91 Å². The second-order valence-electron chi connectivity index (χ2n) is 13.2. The van der Waals surface area contributed by atoms with Gasteiger partial charge in [0.15, 0.2) is 17.2 Å². The Hall–Kier alpha value is -4.99. The first-order chi connectivity index (χ1) is 23.9. The summed E-state index contributed by atoms with van der Waals surface area (Å²) >= 11 is 0. The number of aliphatic carboxylic acids is 1. The van der Waals surface area contributed by atoms with E-state index in [1.165, 1.54) is 24.6 Å². The van der Waals surface area contributed by atoms with Crippen LogP contribution in [0.5, 0.6) is 5.75 Å². The molecule has 5 heterocycles. The lowest BCUT2D eigenvalue weighted by molar-refractivity contribution is -0.192. The van der Waals surface area contributed by atoms with Gasteiger partial charge in [0.1, 0.15) is 11.9 Å². The van der Waals surface area contributed by atoms with Crippen molar-refractivity contribution in [3.8, 4) is 17.0 Å². The number of alkyl halides is 4. The van der Waals surface area contributed by atoms with Crippen LogP contribution in [0.1, 0.15) is 48.2 Å². The van der Waals surface area contributed by atoms with Crippen LogP contribution >= 0.6 is 0 Å². The van der Waals surface area contributed by atoms with Crippen molar-refractivity contribution in [2.45, 2.75) is 63.0 Å². The quantitative estimate of drug-likeness (QED) is 0.197. The van der Waals surface area contributed by atoms with Gasteiger partial charge in [-0.3, -0.25) is 9.78 Å². The lowest BCUT2D eigenvalue weighted by Crippen LogP contribution is -2.49. The Labute approximate surface area is 284 Å². The summed E-state index contributed by atoms with van der Waals surface area (Å²) in [5, 5.41) is 21.3. The molecule has 12 nitrogen and oxygen atoms in total. The number of imidazole rings is 1. The average molecular weight is 697 g/mol. The van der Waals surface area contributed by atoms with E-state index in [1.54, 1.807) is 4.52 Å². The molecule has 2 atom stereocenters. The number of carbonyl (C=O) groups is 2. The Morgan fingerprint density at radius 2 is 1.84 bits per heavy atom. The maximum Gasteiger partial charge on any atom is 0.490 e. The number of pyridine rings is 1. The molecule has 1 aromatic carbocycles. The number of carboxylic acids is 1. The second kappa shape index (κ2) is 13.0. The number of nitrogens with zero attached hydrogens (tertiary/aromatic N) is 5. The third-order valence-corrected chi connectivity index (χ3v) is 9.83. The molecular weight excluding hydrogens is 660 g/mol. The molecule has 4 aliphatic rings. The van der Waals surface area contributed by atoms with Gasteiger partial charge in [0.2, 0.25) is 0 Å². The number of fused-ring (bicyclic) bond motifs is 2. The van der Waals surface area contributed by atoms with Gasteiger partial charge in [0, 0.05) is 37.3 Å². The van der Waals surface area contributed by atoms with E-state index < -0.39 is 24.4 Å². The zero-order chi connectivity index (χ0) is 35.2. The summed E-state index contributed by atoms with van der Waals surface area (Å²) in [7, 11) is 1.82. The molecule has 0 bridgehead atoms. The van der Waals surface area contributed by atoms with Crippen molar-refractivity contribution in [2.75, 3.05) is 36.9 Å². The van der Waals surface area contributed by atoms with Crippen LogP contribution in [-0.4, -0.2) is 87.7 Å². The van der Waals surface area contributed by atoms with E-state index >= 15 is 0 Å². The monoisotopic (exact) mass is 696 g/mol. The number of nitrogens with one attached hydrogen (secondary N) is 3. The van der Waals surface area contributed by atoms with E-state index in [9.17, 15) is 22.4 Å². The number of rotatable bonds is 7. The predicted octanol–water partition coefficient (Wildman–Crippen LogP) is 4.91. The van der Waals surface area contributed by atoms with Gasteiger partial charge in [-0.25, -0.2) is 18.7 Å². The highest BCUT2D eigenvalue weighted by molar-refractivity contribution is 5.94. The van der Waals surface area contributed by atoms with Crippen molar-refractivity contribution < 1.29 is 37.0 Å². The third-order valence-electron chi connectivity index (χ3n) is 9.83. The zero-order valence-electron chi connectivity index (χ0n) is 27.1. The molecule has 2 saturated carbocycles. The van der Waals surface area contributed by atoms with Crippen LogP contribution in [0.4, 0.5) is 34.8 Å². The van der Waals surface area contributed by atoms with E-state index in [1.807, 2.05) is 37.5 Å². The standard InChI is InChI=1S/C32H35FN8O2.C2HF3O2/c1-34-26-14-29(39-41-28(18-37-30(26)41)31(42)38-25-13-23(25)33)40-12-7-22-21(3-2-4-27(22)40)24-6-5-19(17-36-24)43-20-15-32(16-20)8-10-35-11-9-32;3-2(4,5)1(6)7/h2-6,14,17-18,20,23,25,34-35H,7-13,15-16H2,1H3,(H,38,42);(H,6,7)/t23-,25+;/m0./s1. The largest absolute Gasteiger partial charge is 0.490 e. The number of carboxylic acid groups (broad SMARTS) is 1. The van der Waals surface area contributed by atoms with Gasteiger partial charge in [0.05, 0.1) is 35.9 Å². The molecular formula is C34H36F4N8O4. The van der Waals surface area contributed by atoms with Crippen LogP contribution in [0.15, 0.2) is 48.8 Å². The van der Waals surface area contributed by atoms with Crippen molar-refractivity contribution in [3.63, 3.8) is 0 Å². The molecule has 0 unspecified atom stereocenters. The predicted molar refractivity (Wildman–Crippen MR) is 176 cm³/mol. The lowest BCUT2D eigenvalue weighted by Gasteiger charge is -2.49. The highest BCUT2D eigenvalue weighted by atomic mass is 19.4. The molecule has 2 aliphatic heterocycles. The first kappa shape index (κ1) is 33.5. The summed E-state index contributed by atoms with van der Waals surface area (Å²) in [6.07, 6.45) is 3.50. The Morgan fingerprint density at radius 3 is 2.48 bits per heavy atom. The molecule has 2 aliphatic carbocycles. The van der Waals surface area contributed by atoms with Crippen LogP contribution < -0.4 is 25.6 Å². The molecule has 16 heteroatoms. The smallest absolute Gasteiger partial charge is 0.489 e. The van der Waals surface area contributed by atoms with E-state index in [0.717, 1.165) is 67.3 Å². The van der Waals surface area contributed by atoms with Gasteiger partial charge in [-0.2, -0.15) is 13.2 Å². The van der Waals surface area contributed by atoms with Gasteiger partial charge >= 0.3 is 12.1 Å². The molecule has 4 aromatic rings. The summed E-state index contributed by atoms with van der Waals surface area (Å²) < 4.78 is 53.0. The van der Waals surface area contributed by atoms with E-state index in [-0.39, 0.29) is 17.7 Å². The maximum absolute atomic E-state index is 13.4. The molecule has 1 amide bonds. The van der Waals surface area contributed by atoms with Crippen molar-refractivity contribution in [3.05, 3.63) is 60.0 Å². The molecule has 1 saturated heterocycles. The number of hydrogen-bond acceptors (Lipinski definition) is 9. The molecule has 1 spiro atoms. The summed E-state index contributed by atoms with van der Waals surface area (Å²) in [5.74, 6) is -1.62. The summed E-state index contributed by atoms with van der Waals surface area (Å²) in [4.78, 5) is 33.2. The van der Waals surface area contributed by atoms with Gasteiger partial charge in [-0.1, -0.05) is 12.1 Å². The maximum atomic E-state index is 13.4. The second-order valence-corrected chi connectivity index (χ2v) is 13.2. The number of ether oxygens (including phenoxy) is 1. The summed E-state index contributed by atoms with van der Waals surface area (Å²) in [5.41, 5.74) is 6.30. The van der Waals surface area contributed by atoms with Crippen LogP contribution in [-0.2, 0) is 11.2 Å². The Kier molecular flexibility index (Phi) is 8.74. The van der Waals surface area contributed by atoms with Gasteiger partial charge in [-0.05, 0) is 74.4 Å². The average Bonchev–Trinajstić information content (AvgIpc) is 3.43. The zero-order valence-corrected chi connectivity index (χ0v) is 27.1. The lowest BCUT2D eigenvalue weighted by atomic mass is 9.62. The minimum Gasteiger partial charge on any atom is -0.489 e. The van der Waals surface area contributed by atoms with E-state index in [2.05, 4.69) is 38.0 Å². The highest BCUT2D eigenvalue weighted by Crippen LogP contribution is 2.49. The summed E-state index contributed by atoms with van der Waals surface area (Å²) in [6.45, 7) is 2.97. The Morgan fingerprint density at radius 1 is 1.10 bits per heavy atom. The number of carbonyl (C=O) groups excluding carboxylic acids is 1. The fraction of sp³-hybridized carbons (Fsp3) is 0.441. The topological polar surface area (TPSA) is 146 Å². The number of benzene rings is 1. The number of hydrogen-bond donors (Lipinski definition) is 4. The van der Waals surface area contributed by atoms with Crippen LogP contribution in [0, 0.1) is 5.41 Å². The minimum absolute atomic E-state index is 0.278. The number of anilines is 3. The minimum atomic E-state index is -5.08. The van der Waals surface area contributed by atoms with Crippen molar-refractivity contribution in [1.29, 1.82) is 0 Å². The first-order valence-electron chi connectivity index (χ1n) is 16.5. The molecule has 3 aromatic heterocycles. The highest BCUT2D eigenvalue weighted by Gasteiger charge is 2.46. The number of piperidine rings is 1. The Bertz CT molecular complexity index is 1900. The van der Waals surface area contributed by atoms with E-state index in [4.69, 9.17) is 24.7 Å². The Balaban J connectivity index is 0.000000510. The third kappa shape index (κ3) is 6.63. The summed E-state index contributed by atoms with van der Waals surface area (Å²) in [6, 6.07) is 11.8. The van der Waals surface area contributed by atoms with Crippen molar-refractivity contribution in [1.82, 2.24) is 30.2 Å². The van der Waals surface area contributed by atoms with Crippen LogP contribution in [0.3, 0.4) is 0 Å². The normalized spacial score (nSPS) is 20.8. The number of aromatic nitrogens is 4. The molecule has 8 rings (SSSR count). The molecule has 4 N–H and O–H groups in total. The molecule has 3 fully saturated rings. The van der Waals surface area contributed by atoms with E-state index in [0.29, 0.717) is 23.3 Å². The SMILES string of the molecule is CNc1cc(N2CCc3c(-c4ccc(OC5CC6(CCNCC6)C5)cn4)cccc32)nn2c(C(=O)N[C@@H]3C[C@@H]3F)cnc12.O=C(O)C(F)(F)F. The number of halogens is 4. The fourth-order valence-corrected chi connectivity index (χ4v) is 7.05. The van der Waals surface area contributed by atoms with Crippen LogP contribution in [0.2, 0.25) is 0 Å². The van der Waals surface area contributed by atoms with Crippen LogP contribution in [0.25, 0.3) is 16.9 Å². The van der Waals surface area contributed by atoms with Gasteiger partial charge < -0.3 is 30.7 Å². The molecule has 0 radical (unpaired) electrons. The van der Waals surface area contributed by atoms with Crippen molar-refractivity contribution >= 4 is 34.7 Å².